The number of fused-ring (bicyclic) bond motifs is 2. The molecule has 224 valence electrons. The number of hydrogen-bond acceptors (Lipinski definition) is 0. The summed E-state index contributed by atoms with van der Waals surface area (Å²) in [5, 5.41) is 5.10. The predicted molar refractivity (Wildman–Crippen MR) is 203 cm³/mol. The Labute approximate surface area is 281 Å². The van der Waals surface area contributed by atoms with Gasteiger partial charge in [0.15, 0.2) is 0 Å². The van der Waals surface area contributed by atoms with Crippen molar-refractivity contribution in [2.24, 2.45) is 11.8 Å². The van der Waals surface area contributed by atoms with Crippen LogP contribution in [0.3, 0.4) is 0 Å². The van der Waals surface area contributed by atoms with Gasteiger partial charge >= 0.3 is 0 Å². The minimum atomic E-state index is 0.321. The monoisotopic (exact) mass is 608 g/mol. The Morgan fingerprint density at radius 2 is 0.833 bits per heavy atom. The summed E-state index contributed by atoms with van der Waals surface area (Å²) in [6, 6.07) is 48.9. The fraction of sp³-hybridized carbons (Fsp3) is 0.0417. The van der Waals surface area contributed by atoms with Crippen molar-refractivity contribution in [1.82, 2.24) is 0 Å². The van der Waals surface area contributed by atoms with Crippen LogP contribution in [0, 0.1) is 11.8 Å². The quantitative estimate of drug-likeness (QED) is 0.187. The first-order chi connectivity index (χ1) is 23.8. The molecule has 6 aromatic carbocycles. The summed E-state index contributed by atoms with van der Waals surface area (Å²) >= 11 is 0. The molecule has 4 aliphatic carbocycles. The Hall–Kier alpha value is -5.98. The molecule has 2 unspecified atom stereocenters. The summed E-state index contributed by atoms with van der Waals surface area (Å²) in [6.45, 7) is 0. The third-order valence-corrected chi connectivity index (χ3v) is 10.7. The molecule has 0 saturated heterocycles. The Bertz CT molecular complexity index is 2520. The maximum atomic E-state index is 2.37. The summed E-state index contributed by atoms with van der Waals surface area (Å²) in [4.78, 5) is 0. The highest BCUT2D eigenvalue weighted by atomic mass is 14.4. The third kappa shape index (κ3) is 4.37. The van der Waals surface area contributed by atoms with Gasteiger partial charge in [-0.3, -0.25) is 0 Å². The van der Waals surface area contributed by atoms with Gasteiger partial charge in [-0.15, -0.1) is 0 Å². The predicted octanol–water partition coefficient (Wildman–Crippen LogP) is 12.3. The molecule has 48 heavy (non-hydrogen) atoms. The van der Waals surface area contributed by atoms with Crippen molar-refractivity contribution >= 4 is 32.7 Å². The molecular formula is C48H32. The van der Waals surface area contributed by atoms with Crippen LogP contribution in [0.5, 0.6) is 0 Å². The van der Waals surface area contributed by atoms with Crippen LogP contribution in [0.15, 0.2) is 204 Å². The average molecular weight is 609 g/mol. The van der Waals surface area contributed by atoms with Crippen LogP contribution in [-0.2, 0) is 0 Å². The van der Waals surface area contributed by atoms with Crippen LogP contribution in [0.4, 0.5) is 0 Å². The molecule has 2 atom stereocenters. The molecule has 0 radical (unpaired) electrons. The Balaban J connectivity index is 0.969. The first kappa shape index (κ1) is 27.2. The lowest BCUT2D eigenvalue weighted by Gasteiger charge is -2.42. The second-order valence-electron chi connectivity index (χ2n) is 13.3. The molecule has 6 aromatic rings. The topological polar surface area (TPSA) is 0 Å². The van der Waals surface area contributed by atoms with Crippen LogP contribution in [-0.4, -0.2) is 0 Å². The fourth-order valence-electron chi connectivity index (χ4n) is 8.22. The van der Waals surface area contributed by atoms with E-state index in [9.17, 15) is 0 Å². The second-order valence-corrected chi connectivity index (χ2v) is 13.3. The van der Waals surface area contributed by atoms with Gasteiger partial charge in [-0.2, -0.15) is 0 Å². The van der Waals surface area contributed by atoms with Crippen LogP contribution in [0.25, 0.3) is 54.9 Å². The normalized spacial score (nSPS) is 19.1. The van der Waals surface area contributed by atoms with Gasteiger partial charge in [0.05, 0.1) is 0 Å². The largest absolute Gasteiger partial charge is 0.0616 e. The Morgan fingerprint density at radius 3 is 1.48 bits per heavy atom. The van der Waals surface area contributed by atoms with Gasteiger partial charge in [0.1, 0.15) is 0 Å². The molecule has 0 saturated carbocycles. The van der Waals surface area contributed by atoms with Crippen molar-refractivity contribution < 1.29 is 0 Å². The van der Waals surface area contributed by atoms with E-state index in [0.717, 1.165) is 0 Å². The molecule has 0 heteroatoms. The van der Waals surface area contributed by atoms with Crippen molar-refractivity contribution in [3.05, 3.63) is 215 Å². The highest BCUT2D eigenvalue weighted by Crippen LogP contribution is 2.53. The second kappa shape index (κ2) is 10.8. The highest BCUT2D eigenvalue weighted by molar-refractivity contribution is 5.92. The lowest BCUT2D eigenvalue weighted by Crippen LogP contribution is -2.30. The standard InChI is InChI=1S/C48H32/c1-3-7-39-29-41(19-13-31(39)5-1)33-9-15-35(16-10-33)43-25-21-37-24-28-46-44(26-22-38-23-27-45(43)47(37)48(38)46)36-17-11-34(12-18-36)42-20-14-32-6-2-4-8-40(32)30-42/h1-30,47-48H. The first-order valence-corrected chi connectivity index (χ1v) is 16.9. The number of hydrogen-bond donors (Lipinski definition) is 0. The van der Waals surface area contributed by atoms with Gasteiger partial charge < -0.3 is 0 Å². The Kier molecular flexibility index (Phi) is 6.11. The maximum absolute atomic E-state index is 2.37. The van der Waals surface area contributed by atoms with Crippen molar-refractivity contribution in [1.29, 1.82) is 0 Å². The van der Waals surface area contributed by atoms with Crippen LogP contribution >= 0.6 is 0 Å². The summed E-state index contributed by atoms with van der Waals surface area (Å²) in [7, 11) is 0. The van der Waals surface area contributed by atoms with E-state index in [1.165, 1.54) is 88.4 Å². The van der Waals surface area contributed by atoms with E-state index in [2.05, 4.69) is 182 Å². The SMILES string of the molecule is C1=CC2=C(c3ccc(-c4ccc5ccccc5c4)cc3)C=CC3=CC=C4C(c5ccc(-c6ccc7ccccc7c6)cc5)=CC=C1C4C32. The Morgan fingerprint density at radius 1 is 0.333 bits per heavy atom. The first-order valence-electron chi connectivity index (χ1n) is 16.9. The molecule has 0 amide bonds. The van der Waals surface area contributed by atoms with E-state index in [-0.39, 0.29) is 0 Å². The number of rotatable bonds is 4. The van der Waals surface area contributed by atoms with Crippen molar-refractivity contribution in [2.75, 3.05) is 0 Å². The number of benzene rings is 6. The fourth-order valence-corrected chi connectivity index (χ4v) is 8.22. The molecule has 4 aliphatic rings. The number of allylic oxidation sites excluding steroid dienone is 14. The molecule has 0 spiro atoms. The zero-order valence-corrected chi connectivity index (χ0v) is 26.5. The van der Waals surface area contributed by atoms with E-state index in [4.69, 9.17) is 0 Å². The van der Waals surface area contributed by atoms with Gasteiger partial charge in [0.25, 0.3) is 0 Å². The van der Waals surface area contributed by atoms with E-state index in [0.29, 0.717) is 11.8 Å². The molecule has 0 aromatic heterocycles. The molecule has 0 fully saturated rings. The highest BCUT2D eigenvalue weighted by Gasteiger charge is 2.40. The molecule has 0 aliphatic heterocycles. The molecule has 10 rings (SSSR count). The van der Waals surface area contributed by atoms with E-state index < -0.39 is 0 Å². The van der Waals surface area contributed by atoms with Crippen molar-refractivity contribution in [3.63, 3.8) is 0 Å². The van der Waals surface area contributed by atoms with Crippen molar-refractivity contribution in [3.8, 4) is 22.3 Å². The van der Waals surface area contributed by atoms with Gasteiger partial charge in [-0.1, -0.05) is 170 Å². The zero-order chi connectivity index (χ0) is 31.6. The molecule has 0 bridgehead atoms. The van der Waals surface area contributed by atoms with Gasteiger partial charge in [-0.25, -0.2) is 0 Å². The minimum Gasteiger partial charge on any atom is -0.0616 e. The van der Waals surface area contributed by atoms with Gasteiger partial charge in [0.2, 0.25) is 0 Å². The molecule has 0 nitrogen and oxygen atoms in total. The van der Waals surface area contributed by atoms with Gasteiger partial charge in [-0.05, 0) is 100 Å². The van der Waals surface area contributed by atoms with Crippen LogP contribution in [0.1, 0.15) is 11.1 Å². The van der Waals surface area contributed by atoms with Crippen LogP contribution in [0.2, 0.25) is 0 Å². The summed E-state index contributed by atoms with van der Waals surface area (Å²) < 4.78 is 0. The summed E-state index contributed by atoms with van der Waals surface area (Å²) in [6.07, 6.45) is 18.8. The molecule has 0 heterocycles. The average Bonchev–Trinajstić information content (AvgIpc) is 3.16. The summed E-state index contributed by atoms with van der Waals surface area (Å²) in [5.41, 5.74) is 15.8. The zero-order valence-electron chi connectivity index (χ0n) is 26.5. The van der Waals surface area contributed by atoms with Crippen LogP contribution < -0.4 is 0 Å². The minimum absolute atomic E-state index is 0.321. The summed E-state index contributed by atoms with van der Waals surface area (Å²) in [5.74, 6) is 0.643. The van der Waals surface area contributed by atoms with Crippen molar-refractivity contribution in [2.45, 2.75) is 0 Å². The lowest BCUT2D eigenvalue weighted by molar-refractivity contribution is 0.569. The smallest absolute Gasteiger partial charge is 0.0205 e. The maximum Gasteiger partial charge on any atom is 0.0205 e. The van der Waals surface area contributed by atoms with E-state index >= 15 is 0 Å². The molecule has 0 N–H and O–H groups in total. The lowest BCUT2D eigenvalue weighted by atomic mass is 9.61. The van der Waals surface area contributed by atoms with E-state index in [1.807, 2.05) is 0 Å². The van der Waals surface area contributed by atoms with E-state index in [1.54, 1.807) is 0 Å². The van der Waals surface area contributed by atoms with Gasteiger partial charge in [0, 0.05) is 11.8 Å². The third-order valence-electron chi connectivity index (χ3n) is 10.7. The molecular weight excluding hydrogens is 577 g/mol.